The van der Waals surface area contributed by atoms with Gasteiger partial charge in [0.15, 0.2) is 0 Å². The minimum absolute atomic E-state index is 0.296. The molecular weight excluding hydrogens is 285 g/mol. The summed E-state index contributed by atoms with van der Waals surface area (Å²) in [6, 6.07) is 6.57. The standard InChI is InChI=1S/C13H15BrFNO/c1-13(2,9-16)6-3-7-17-12-5-4-10(15)8-11(12)14/h4-5,8H,3,6-7H2,1-2H3. The molecule has 0 heterocycles. The van der Waals surface area contributed by atoms with Crippen LogP contribution in [0, 0.1) is 22.6 Å². The van der Waals surface area contributed by atoms with Gasteiger partial charge in [-0.3, -0.25) is 0 Å². The van der Waals surface area contributed by atoms with Crippen LogP contribution in [-0.4, -0.2) is 6.61 Å². The van der Waals surface area contributed by atoms with Crippen molar-refractivity contribution in [3.05, 3.63) is 28.5 Å². The number of nitrogens with zero attached hydrogens (tertiary/aromatic N) is 1. The van der Waals surface area contributed by atoms with E-state index < -0.39 is 0 Å². The van der Waals surface area contributed by atoms with Crippen LogP contribution in [-0.2, 0) is 0 Å². The fourth-order valence-electron chi connectivity index (χ4n) is 1.34. The normalized spacial score (nSPS) is 11.0. The lowest BCUT2D eigenvalue weighted by molar-refractivity contribution is 0.282. The molecule has 0 amide bonds. The lowest BCUT2D eigenvalue weighted by Crippen LogP contribution is -2.10. The molecule has 0 aliphatic carbocycles. The Balaban J connectivity index is 2.39. The number of benzene rings is 1. The number of hydrogen-bond donors (Lipinski definition) is 0. The second-order valence-electron chi connectivity index (χ2n) is 4.52. The number of nitriles is 1. The Morgan fingerprint density at radius 3 is 2.76 bits per heavy atom. The van der Waals surface area contributed by atoms with Crippen molar-refractivity contribution in [2.45, 2.75) is 26.7 Å². The third-order valence-electron chi connectivity index (χ3n) is 2.40. The zero-order chi connectivity index (χ0) is 12.9. The van der Waals surface area contributed by atoms with Crippen LogP contribution in [0.1, 0.15) is 26.7 Å². The molecule has 1 aromatic carbocycles. The van der Waals surface area contributed by atoms with Gasteiger partial charge in [-0.2, -0.15) is 5.26 Å². The highest BCUT2D eigenvalue weighted by molar-refractivity contribution is 9.10. The summed E-state index contributed by atoms with van der Waals surface area (Å²) in [6.07, 6.45) is 1.58. The molecule has 0 fully saturated rings. The maximum Gasteiger partial charge on any atom is 0.133 e. The van der Waals surface area contributed by atoms with E-state index in [0.717, 1.165) is 12.8 Å². The Morgan fingerprint density at radius 2 is 2.18 bits per heavy atom. The molecular formula is C13H15BrFNO. The van der Waals surface area contributed by atoms with Gasteiger partial charge in [-0.05, 0) is 60.8 Å². The SMILES string of the molecule is CC(C)(C#N)CCCOc1ccc(F)cc1Br. The van der Waals surface area contributed by atoms with Crippen molar-refractivity contribution in [3.8, 4) is 11.8 Å². The molecule has 1 rings (SSSR count). The molecule has 0 aromatic heterocycles. The second kappa shape index (κ2) is 6.02. The van der Waals surface area contributed by atoms with Crippen LogP contribution in [0.4, 0.5) is 4.39 Å². The quantitative estimate of drug-likeness (QED) is 0.760. The fourth-order valence-corrected chi connectivity index (χ4v) is 1.81. The summed E-state index contributed by atoms with van der Waals surface area (Å²) in [5.74, 6) is 0.330. The summed E-state index contributed by atoms with van der Waals surface area (Å²) in [7, 11) is 0. The van der Waals surface area contributed by atoms with Crippen molar-refractivity contribution in [1.29, 1.82) is 5.26 Å². The summed E-state index contributed by atoms with van der Waals surface area (Å²) < 4.78 is 18.9. The molecule has 92 valence electrons. The van der Waals surface area contributed by atoms with Crippen LogP contribution in [0.15, 0.2) is 22.7 Å². The first-order chi connectivity index (χ1) is 7.94. The minimum Gasteiger partial charge on any atom is -0.492 e. The molecule has 1 aromatic rings. The molecule has 0 radical (unpaired) electrons. The lowest BCUT2D eigenvalue weighted by Gasteiger charge is -2.15. The molecule has 0 aliphatic heterocycles. The highest BCUT2D eigenvalue weighted by Gasteiger charge is 2.15. The van der Waals surface area contributed by atoms with Crippen LogP contribution in [0.5, 0.6) is 5.75 Å². The van der Waals surface area contributed by atoms with Gasteiger partial charge in [-0.15, -0.1) is 0 Å². The topological polar surface area (TPSA) is 33.0 Å². The van der Waals surface area contributed by atoms with Gasteiger partial charge in [0.05, 0.1) is 22.6 Å². The van der Waals surface area contributed by atoms with Gasteiger partial charge in [-0.1, -0.05) is 0 Å². The summed E-state index contributed by atoms with van der Waals surface area (Å²) in [5, 5.41) is 8.85. The number of halogens is 2. The third kappa shape index (κ3) is 4.74. The third-order valence-corrected chi connectivity index (χ3v) is 3.02. The summed E-state index contributed by atoms with van der Waals surface area (Å²) in [4.78, 5) is 0. The first-order valence-electron chi connectivity index (χ1n) is 5.44. The van der Waals surface area contributed by atoms with E-state index in [2.05, 4.69) is 22.0 Å². The summed E-state index contributed by atoms with van der Waals surface area (Å²) in [5.41, 5.74) is -0.316. The Kier molecular flexibility index (Phi) is 4.95. The first-order valence-corrected chi connectivity index (χ1v) is 6.23. The van der Waals surface area contributed by atoms with Gasteiger partial charge >= 0.3 is 0 Å². The number of hydrogen-bond acceptors (Lipinski definition) is 2. The molecule has 0 saturated carbocycles. The highest BCUT2D eigenvalue weighted by atomic mass is 79.9. The van der Waals surface area contributed by atoms with Crippen LogP contribution in [0.3, 0.4) is 0 Å². The van der Waals surface area contributed by atoms with E-state index in [1.165, 1.54) is 12.1 Å². The van der Waals surface area contributed by atoms with Crippen molar-refractivity contribution < 1.29 is 9.13 Å². The summed E-state index contributed by atoms with van der Waals surface area (Å²) in [6.45, 7) is 4.33. The molecule has 0 N–H and O–H groups in total. The van der Waals surface area contributed by atoms with E-state index >= 15 is 0 Å². The first kappa shape index (κ1) is 14.0. The molecule has 0 spiro atoms. The minimum atomic E-state index is -0.316. The zero-order valence-corrected chi connectivity index (χ0v) is 11.6. The molecule has 4 heteroatoms. The Labute approximate surface area is 110 Å². The summed E-state index contributed by atoms with van der Waals surface area (Å²) >= 11 is 3.24. The molecule has 2 nitrogen and oxygen atoms in total. The predicted molar refractivity (Wildman–Crippen MR) is 68.2 cm³/mol. The van der Waals surface area contributed by atoms with Crippen molar-refractivity contribution in [3.63, 3.8) is 0 Å². The van der Waals surface area contributed by atoms with Gasteiger partial charge in [0.25, 0.3) is 0 Å². The van der Waals surface area contributed by atoms with Crippen molar-refractivity contribution >= 4 is 15.9 Å². The Morgan fingerprint density at radius 1 is 1.47 bits per heavy atom. The Hall–Kier alpha value is -1.08. The lowest BCUT2D eigenvalue weighted by atomic mass is 9.90. The fraction of sp³-hybridized carbons (Fsp3) is 0.462. The molecule has 0 saturated heterocycles. The van der Waals surface area contributed by atoms with Crippen LogP contribution < -0.4 is 4.74 Å². The maximum atomic E-state index is 12.8. The van der Waals surface area contributed by atoms with Crippen molar-refractivity contribution in [1.82, 2.24) is 0 Å². The van der Waals surface area contributed by atoms with Gasteiger partial charge in [0.2, 0.25) is 0 Å². The van der Waals surface area contributed by atoms with Gasteiger partial charge in [-0.25, -0.2) is 4.39 Å². The molecule has 0 atom stereocenters. The van der Waals surface area contributed by atoms with E-state index in [0.29, 0.717) is 16.8 Å². The smallest absolute Gasteiger partial charge is 0.133 e. The van der Waals surface area contributed by atoms with E-state index in [1.54, 1.807) is 6.07 Å². The van der Waals surface area contributed by atoms with Crippen LogP contribution in [0.2, 0.25) is 0 Å². The van der Waals surface area contributed by atoms with Gasteiger partial charge in [0.1, 0.15) is 11.6 Å². The predicted octanol–water partition coefficient (Wildman–Crippen LogP) is 4.30. The molecule has 17 heavy (non-hydrogen) atoms. The van der Waals surface area contributed by atoms with Crippen LogP contribution in [0.25, 0.3) is 0 Å². The average molecular weight is 300 g/mol. The van der Waals surface area contributed by atoms with E-state index in [-0.39, 0.29) is 11.2 Å². The monoisotopic (exact) mass is 299 g/mol. The highest BCUT2D eigenvalue weighted by Crippen LogP contribution is 2.26. The number of rotatable bonds is 5. The van der Waals surface area contributed by atoms with E-state index in [9.17, 15) is 4.39 Å². The van der Waals surface area contributed by atoms with Crippen molar-refractivity contribution in [2.75, 3.05) is 6.61 Å². The zero-order valence-electron chi connectivity index (χ0n) is 9.96. The van der Waals surface area contributed by atoms with E-state index in [4.69, 9.17) is 10.00 Å². The molecule has 0 unspecified atom stereocenters. The average Bonchev–Trinajstić information content (AvgIpc) is 2.27. The van der Waals surface area contributed by atoms with E-state index in [1.807, 2.05) is 13.8 Å². The maximum absolute atomic E-state index is 12.8. The molecule has 0 aliphatic rings. The number of ether oxygens (including phenoxy) is 1. The van der Waals surface area contributed by atoms with Crippen LogP contribution >= 0.6 is 15.9 Å². The van der Waals surface area contributed by atoms with Gasteiger partial charge < -0.3 is 4.74 Å². The van der Waals surface area contributed by atoms with Crippen molar-refractivity contribution in [2.24, 2.45) is 5.41 Å². The molecule has 0 bridgehead atoms. The Bertz CT molecular complexity index is 426. The largest absolute Gasteiger partial charge is 0.492 e. The van der Waals surface area contributed by atoms with Gasteiger partial charge in [0, 0.05) is 0 Å². The second-order valence-corrected chi connectivity index (χ2v) is 5.38.